The number of benzene rings is 1. The Kier molecular flexibility index (Phi) is 7.32. The molecule has 0 saturated carbocycles. The van der Waals surface area contributed by atoms with Crippen LogP contribution in [0.4, 0.5) is 11.6 Å². The quantitative estimate of drug-likeness (QED) is 0.326. The number of carbonyl (C=O) groups is 1. The summed E-state index contributed by atoms with van der Waals surface area (Å²) >= 11 is 12.6. The highest BCUT2D eigenvalue weighted by molar-refractivity contribution is 6.31. The minimum absolute atomic E-state index is 0.0131. The molecule has 10 nitrogen and oxygen atoms in total. The van der Waals surface area contributed by atoms with Crippen LogP contribution in [-0.4, -0.2) is 51.2 Å². The van der Waals surface area contributed by atoms with Gasteiger partial charge in [0.2, 0.25) is 17.7 Å². The summed E-state index contributed by atoms with van der Waals surface area (Å²) in [6.07, 6.45) is 3.18. The number of aryl methyl sites for hydroxylation is 1. The van der Waals surface area contributed by atoms with Gasteiger partial charge in [0.1, 0.15) is 17.6 Å². The maximum Gasteiger partial charge on any atom is 0.274 e. The second-order valence-corrected chi connectivity index (χ2v) is 10.9. The zero-order valence-corrected chi connectivity index (χ0v) is 24.5. The third kappa shape index (κ3) is 4.71. The molecule has 0 aliphatic carbocycles. The molecule has 4 heterocycles. The SMILES string of the molecule is COc1nc(N(C)C)ncc1-c1nc2c(n1C(C)C)C(c1ccc(Cl)cc1)N(c1cc(Cl)cn(C)c1=O)C(=O)C2. The highest BCUT2D eigenvalue weighted by Crippen LogP contribution is 2.43. The van der Waals surface area contributed by atoms with Gasteiger partial charge in [-0.3, -0.25) is 14.5 Å². The number of anilines is 2. The fraction of sp³-hybridized carbons (Fsp3) is 0.321. The Labute approximate surface area is 241 Å². The minimum atomic E-state index is -0.684. The average Bonchev–Trinajstić information content (AvgIpc) is 3.29. The van der Waals surface area contributed by atoms with Gasteiger partial charge in [0.25, 0.3) is 5.56 Å². The number of hydrogen-bond donors (Lipinski definition) is 0. The molecule has 208 valence electrons. The summed E-state index contributed by atoms with van der Waals surface area (Å²) in [6, 6.07) is 7.99. The molecule has 4 aromatic rings. The standard InChI is InChI=1S/C28H29Cl2N7O3/c1-15(2)36-24-20(32-25(36)19-13-31-28(34(3)4)33-26(19)40-6)12-22(38)37(21-11-18(30)14-35(5)27(21)39)23(24)16-7-9-17(29)10-8-16/h7-11,13-15,23H,12H2,1-6H3. The van der Waals surface area contributed by atoms with E-state index in [1.807, 2.05) is 40.1 Å². The van der Waals surface area contributed by atoms with Gasteiger partial charge in [-0.2, -0.15) is 4.98 Å². The van der Waals surface area contributed by atoms with Crippen molar-refractivity contribution in [3.8, 4) is 17.3 Å². The monoisotopic (exact) mass is 581 g/mol. The summed E-state index contributed by atoms with van der Waals surface area (Å²) < 4.78 is 9.08. The summed E-state index contributed by atoms with van der Waals surface area (Å²) in [6.45, 7) is 4.07. The van der Waals surface area contributed by atoms with Crippen LogP contribution < -0.4 is 20.1 Å². The van der Waals surface area contributed by atoms with Gasteiger partial charge in [-0.05, 0) is 37.6 Å². The van der Waals surface area contributed by atoms with E-state index in [4.69, 9.17) is 32.9 Å². The van der Waals surface area contributed by atoms with Gasteiger partial charge in [-0.25, -0.2) is 9.97 Å². The van der Waals surface area contributed by atoms with Crippen LogP contribution in [0.3, 0.4) is 0 Å². The summed E-state index contributed by atoms with van der Waals surface area (Å²) in [5.41, 5.74) is 2.56. The van der Waals surface area contributed by atoms with Gasteiger partial charge in [-0.1, -0.05) is 35.3 Å². The van der Waals surface area contributed by atoms with Gasteiger partial charge in [0, 0.05) is 44.6 Å². The minimum Gasteiger partial charge on any atom is -0.480 e. The molecule has 1 amide bonds. The van der Waals surface area contributed by atoms with Crippen LogP contribution in [0.25, 0.3) is 11.4 Å². The average molecular weight is 582 g/mol. The van der Waals surface area contributed by atoms with Crippen LogP contribution in [0.1, 0.15) is 42.9 Å². The lowest BCUT2D eigenvalue weighted by Gasteiger charge is -2.37. The molecule has 1 unspecified atom stereocenters. The zero-order chi connectivity index (χ0) is 28.9. The molecule has 0 bridgehead atoms. The van der Waals surface area contributed by atoms with Crippen molar-refractivity contribution in [3.05, 3.63) is 80.1 Å². The van der Waals surface area contributed by atoms with Crippen molar-refractivity contribution in [2.45, 2.75) is 32.4 Å². The first-order valence-electron chi connectivity index (χ1n) is 12.6. The number of nitrogens with zero attached hydrogens (tertiary/aromatic N) is 7. The Morgan fingerprint density at radius 1 is 1.07 bits per heavy atom. The molecule has 1 atom stereocenters. The van der Waals surface area contributed by atoms with Gasteiger partial charge in [0.05, 0.1) is 35.5 Å². The molecule has 40 heavy (non-hydrogen) atoms. The second-order valence-electron chi connectivity index (χ2n) is 10.1. The topological polar surface area (TPSA) is 98.4 Å². The smallest absolute Gasteiger partial charge is 0.274 e. The van der Waals surface area contributed by atoms with Crippen molar-refractivity contribution in [2.75, 3.05) is 31.0 Å². The van der Waals surface area contributed by atoms with E-state index in [9.17, 15) is 9.59 Å². The van der Waals surface area contributed by atoms with Gasteiger partial charge < -0.3 is 18.8 Å². The molecule has 5 rings (SSSR count). The van der Waals surface area contributed by atoms with Crippen molar-refractivity contribution in [1.82, 2.24) is 24.1 Å². The number of imidazole rings is 1. The van der Waals surface area contributed by atoms with Gasteiger partial charge in [0.15, 0.2) is 0 Å². The predicted molar refractivity (Wildman–Crippen MR) is 156 cm³/mol. The highest BCUT2D eigenvalue weighted by Gasteiger charge is 2.41. The first kappa shape index (κ1) is 27.7. The van der Waals surface area contributed by atoms with E-state index in [-0.39, 0.29) is 29.6 Å². The normalized spacial score (nSPS) is 15.0. The molecule has 1 aromatic carbocycles. The molecule has 0 saturated heterocycles. The third-order valence-corrected chi connectivity index (χ3v) is 7.26. The first-order chi connectivity index (χ1) is 19.0. The van der Waals surface area contributed by atoms with Crippen molar-refractivity contribution in [2.24, 2.45) is 7.05 Å². The molecule has 1 aliphatic heterocycles. The summed E-state index contributed by atoms with van der Waals surface area (Å²) in [5, 5.41) is 0.892. The lowest BCUT2D eigenvalue weighted by molar-refractivity contribution is -0.118. The zero-order valence-electron chi connectivity index (χ0n) is 23.0. The van der Waals surface area contributed by atoms with Crippen molar-refractivity contribution in [3.63, 3.8) is 0 Å². The van der Waals surface area contributed by atoms with E-state index in [1.165, 1.54) is 21.7 Å². The molecule has 0 N–H and O–H groups in total. The number of aromatic nitrogens is 5. The van der Waals surface area contributed by atoms with E-state index in [0.717, 1.165) is 11.3 Å². The van der Waals surface area contributed by atoms with Crippen LogP contribution in [0.2, 0.25) is 10.0 Å². The van der Waals surface area contributed by atoms with Crippen LogP contribution >= 0.6 is 23.2 Å². The Hall–Kier alpha value is -3.89. The molecule has 3 aromatic heterocycles. The van der Waals surface area contributed by atoms with E-state index < -0.39 is 6.04 Å². The fourth-order valence-electron chi connectivity index (χ4n) is 5.05. The maximum atomic E-state index is 13.9. The van der Waals surface area contributed by atoms with Crippen molar-refractivity contribution >= 4 is 40.7 Å². The number of amides is 1. The molecule has 0 spiro atoms. The van der Waals surface area contributed by atoms with Crippen LogP contribution in [-0.2, 0) is 18.3 Å². The van der Waals surface area contributed by atoms with Gasteiger partial charge in [-0.15, -0.1) is 0 Å². The first-order valence-corrected chi connectivity index (χ1v) is 13.4. The second kappa shape index (κ2) is 10.6. The number of hydrogen-bond acceptors (Lipinski definition) is 7. The van der Waals surface area contributed by atoms with Crippen LogP contribution in [0, 0.1) is 0 Å². The molecule has 0 fully saturated rings. The number of ether oxygens (including phenoxy) is 1. The maximum absolute atomic E-state index is 13.9. The number of pyridine rings is 1. The largest absolute Gasteiger partial charge is 0.480 e. The third-order valence-electron chi connectivity index (χ3n) is 6.80. The molecule has 0 radical (unpaired) electrons. The number of methoxy groups -OCH3 is 1. The Balaban J connectivity index is 1.82. The summed E-state index contributed by atoms with van der Waals surface area (Å²) in [7, 11) is 6.85. The van der Waals surface area contributed by atoms with Crippen LogP contribution in [0.15, 0.2) is 47.5 Å². The number of rotatable bonds is 6. The molecular weight excluding hydrogens is 553 g/mol. The van der Waals surface area contributed by atoms with Crippen molar-refractivity contribution < 1.29 is 9.53 Å². The number of carbonyl (C=O) groups excluding carboxylic acids is 1. The Morgan fingerprint density at radius 3 is 2.40 bits per heavy atom. The van der Waals surface area contributed by atoms with Gasteiger partial charge >= 0.3 is 0 Å². The Bertz CT molecular complexity index is 1660. The number of fused-ring (bicyclic) bond motifs is 1. The molecule has 12 heteroatoms. The van der Waals surface area contributed by atoms with Crippen molar-refractivity contribution in [1.29, 1.82) is 0 Å². The lowest BCUT2D eigenvalue weighted by atomic mass is 9.94. The fourth-order valence-corrected chi connectivity index (χ4v) is 5.43. The molecule has 1 aliphatic rings. The van der Waals surface area contributed by atoms with E-state index >= 15 is 0 Å². The summed E-state index contributed by atoms with van der Waals surface area (Å²) in [4.78, 5) is 44.5. The van der Waals surface area contributed by atoms with Crippen LogP contribution in [0.5, 0.6) is 5.88 Å². The van der Waals surface area contributed by atoms with E-state index in [0.29, 0.717) is 39.0 Å². The highest BCUT2D eigenvalue weighted by atomic mass is 35.5. The van der Waals surface area contributed by atoms with E-state index in [2.05, 4.69) is 14.5 Å². The lowest BCUT2D eigenvalue weighted by Crippen LogP contribution is -2.45. The number of halogens is 2. The summed E-state index contributed by atoms with van der Waals surface area (Å²) in [5.74, 6) is 1.14. The Morgan fingerprint density at radius 2 is 1.77 bits per heavy atom. The molecular formula is C28H29Cl2N7O3. The van der Waals surface area contributed by atoms with E-state index in [1.54, 1.807) is 37.4 Å². The predicted octanol–water partition coefficient (Wildman–Crippen LogP) is 4.68.